The zero-order chi connectivity index (χ0) is 15.7. The lowest BCUT2D eigenvalue weighted by Crippen LogP contribution is -2.02. The summed E-state index contributed by atoms with van der Waals surface area (Å²) in [6, 6.07) is 11.8. The van der Waals surface area contributed by atoms with Gasteiger partial charge in [-0.2, -0.15) is 0 Å². The first-order valence-electron chi connectivity index (χ1n) is 6.63. The smallest absolute Gasteiger partial charge is 0.294 e. The van der Waals surface area contributed by atoms with Crippen LogP contribution < -0.4 is 9.47 Å². The second-order valence-corrected chi connectivity index (χ2v) is 4.68. The zero-order valence-electron chi connectivity index (χ0n) is 12.1. The molecular formula is C17H14O5. The number of ketones is 1. The first-order valence-corrected chi connectivity index (χ1v) is 6.63. The van der Waals surface area contributed by atoms with E-state index in [9.17, 15) is 9.90 Å². The van der Waals surface area contributed by atoms with Crippen LogP contribution in [0.25, 0.3) is 11.0 Å². The van der Waals surface area contributed by atoms with Crippen LogP contribution >= 0.6 is 0 Å². The first kappa shape index (κ1) is 14.0. The Kier molecular flexibility index (Phi) is 3.47. The van der Waals surface area contributed by atoms with E-state index in [1.807, 2.05) is 0 Å². The summed E-state index contributed by atoms with van der Waals surface area (Å²) in [5, 5.41) is 10.5. The predicted octanol–water partition coefficient (Wildman–Crippen LogP) is 3.39. The number of furan rings is 1. The third-order valence-electron chi connectivity index (χ3n) is 3.45. The van der Waals surface area contributed by atoms with Crippen molar-refractivity contribution in [3.8, 4) is 17.4 Å². The van der Waals surface area contributed by atoms with E-state index >= 15 is 0 Å². The van der Waals surface area contributed by atoms with E-state index in [4.69, 9.17) is 13.9 Å². The molecule has 3 aromatic rings. The topological polar surface area (TPSA) is 68.9 Å². The molecule has 3 rings (SSSR count). The van der Waals surface area contributed by atoms with Gasteiger partial charge in [0.1, 0.15) is 11.1 Å². The van der Waals surface area contributed by atoms with Gasteiger partial charge in [-0.1, -0.05) is 18.2 Å². The molecule has 0 bridgehead atoms. The van der Waals surface area contributed by atoms with Crippen molar-refractivity contribution in [1.29, 1.82) is 0 Å². The number of aromatic hydroxyl groups is 1. The molecule has 0 aliphatic rings. The highest BCUT2D eigenvalue weighted by Crippen LogP contribution is 2.34. The van der Waals surface area contributed by atoms with Crippen LogP contribution in [-0.4, -0.2) is 25.1 Å². The molecule has 0 radical (unpaired) electrons. The van der Waals surface area contributed by atoms with Gasteiger partial charge in [0.15, 0.2) is 11.5 Å². The Hall–Kier alpha value is -2.95. The fourth-order valence-electron chi connectivity index (χ4n) is 2.37. The Morgan fingerprint density at radius 2 is 1.77 bits per heavy atom. The highest BCUT2D eigenvalue weighted by atomic mass is 16.5. The summed E-state index contributed by atoms with van der Waals surface area (Å²) in [4.78, 5) is 12.7. The van der Waals surface area contributed by atoms with Crippen molar-refractivity contribution in [2.45, 2.75) is 0 Å². The number of carbonyl (C=O) groups excluding carboxylic acids is 1. The van der Waals surface area contributed by atoms with Crippen molar-refractivity contribution in [2.75, 3.05) is 14.2 Å². The second kappa shape index (κ2) is 5.44. The van der Waals surface area contributed by atoms with Crippen LogP contribution in [-0.2, 0) is 0 Å². The molecule has 0 aliphatic carbocycles. The molecule has 1 heterocycles. The lowest BCUT2D eigenvalue weighted by Gasteiger charge is -2.08. The second-order valence-electron chi connectivity index (χ2n) is 4.68. The average molecular weight is 298 g/mol. The van der Waals surface area contributed by atoms with E-state index < -0.39 is 0 Å². The summed E-state index contributed by atoms with van der Waals surface area (Å²) >= 11 is 0. The molecule has 0 unspecified atom stereocenters. The lowest BCUT2D eigenvalue weighted by atomic mass is 10.0. The number of rotatable bonds is 4. The maximum Gasteiger partial charge on any atom is 0.294 e. The summed E-state index contributed by atoms with van der Waals surface area (Å²) in [6.07, 6.45) is 0. The van der Waals surface area contributed by atoms with Crippen molar-refractivity contribution < 1.29 is 23.8 Å². The van der Waals surface area contributed by atoms with Crippen LogP contribution in [0.15, 0.2) is 46.9 Å². The van der Waals surface area contributed by atoms with Crippen LogP contribution in [0, 0.1) is 0 Å². The molecule has 0 atom stereocenters. The molecule has 0 aliphatic heterocycles. The van der Waals surface area contributed by atoms with Gasteiger partial charge < -0.3 is 19.0 Å². The van der Waals surface area contributed by atoms with Gasteiger partial charge in [-0.15, -0.1) is 0 Å². The number of benzene rings is 2. The number of ether oxygens (including phenoxy) is 2. The van der Waals surface area contributed by atoms with Crippen LogP contribution in [0.3, 0.4) is 0 Å². The molecule has 112 valence electrons. The van der Waals surface area contributed by atoms with Crippen molar-refractivity contribution in [1.82, 2.24) is 0 Å². The predicted molar refractivity (Wildman–Crippen MR) is 80.9 cm³/mol. The van der Waals surface area contributed by atoms with Gasteiger partial charge in [0.2, 0.25) is 5.78 Å². The van der Waals surface area contributed by atoms with Crippen molar-refractivity contribution in [3.05, 3.63) is 53.6 Å². The Morgan fingerprint density at radius 3 is 2.50 bits per heavy atom. The molecule has 0 fully saturated rings. The van der Waals surface area contributed by atoms with Gasteiger partial charge in [0, 0.05) is 10.9 Å². The standard InChI is InChI=1S/C17H14O5/c1-20-13-8-7-10(9-14(13)21-2)16(18)15-11-5-3-4-6-12(11)22-17(15)19/h3-9,19H,1-2H3. The molecule has 0 amide bonds. The van der Waals surface area contributed by atoms with E-state index in [-0.39, 0.29) is 17.3 Å². The van der Waals surface area contributed by atoms with Gasteiger partial charge in [-0.25, -0.2) is 0 Å². The molecule has 0 saturated carbocycles. The molecule has 1 aromatic heterocycles. The Bertz CT molecular complexity index is 847. The molecule has 5 nitrogen and oxygen atoms in total. The number of methoxy groups -OCH3 is 2. The van der Waals surface area contributed by atoms with Crippen molar-refractivity contribution >= 4 is 16.8 Å². The van der Waals surface area contributed by atoms with E-state index in [2.05, 4.69) is 0 Å². The van der Waals surface area contributed by atoms with Crippen LogP contribution in [0.1, 0.15) is 15.9 Å². The summed E-state index contributed by atoms with van der Waals surface area (Å²) in [5.41, 5.74) is 0.978. The summed E-state index contributed by atoms with van der Waals surface area (Å²) in [5.74, 6) is 0.241. The molecule has 22 heavy (non-hydrogen) atoms. The van der Waals surface area contributed by atoms with Gasteiger partial charge in [0.05, 0.1) is 14.2 Å². The number of para-hydroxylation sites is 1. The highest BCUT2D eigenvalue weighted by molar-refractivity contribution is 6.17. The fraction of sp³-hybridized carbons (Fsp3) is 0.118. The maximum absolute atomic E-state index is 12.7. The van der Waals surface area contributed by atoms with Crippen LogP contribution in [0.2, 0.25) is 0 Å². The fourth-order valence-corrected chi connectivity index (χ4v) is 2.37. The minimum atomic E-state index is -0.388. The lowest BCUT2D eigenvalue weighted by molar-refractivity contribution is 0.103. The number of fused-ring (bicyclic) bond motifs is 1. The maximum atomic E-state index is 12.7. The van der Waals surface area contributed by atoms with Gasteiger partial charge in [-0.05, 0) is 24.3 Å². The molecule has 1 N–H and O–H groups in total. The van der Waals surface area contributed by atoms with Gasteiger partial charge in [-0.3, -0.25) is 4.79 Å². The monoisotopic (exact) mass is 298 g/mol. The number of hydrogen-bond acceptors (Lipinski definition) is 5. The summed E-state index contributed by atoms with van der Waals surface area (Å²) < 4.78 is 15.6. The SMILES string of the molecule is COc1ccc(C(=O)c2c(O)oc3ccccc23)cc1OC. The van der Waals surface area contributed by atoms with Gasteiger partial charge >= 0.3 is 0 Å². The molecule has 5 heteroatoms. The first-order chi connectivity index (χ1) is 10.7. The summed E-state index contributed by atoms with van der Waals surface area (Å²) in [6.45, 7) is 0. The minimum absolute atomic E-state index is 0.141. The summed E-state index contributed by atoms with van der Waals surface area (Å²) in [7, 11) is 3.02. The van der Waals surface area contributed by atoms with E-state index in [0.29, 0.717) is 28.0 Å². The largest absolute Gasteiger partial charge is 0.493 e. The number of hydrogen-bond donors (Lipinski definition) is 1. The Morgan fingerprint density at radius 1 is 1.05 bits per heavy atom. The average Bonchev–Trinajstić information content (AvgIpc) is 2.89. The molecule has 2 aromatic carbocycles. The quantitative estimate of drug-likeness (QED) is 0.748. The van der Waals surface area contributed by atoms with Crippen LogP contribution in [0.4, 0.5) is 0 Å². The van der Waals surface area contributed by atoms with E-state index in [1.54, 1.807) is 42.5 Å². The Balaban J connectivity index is 2.12. The molecule has 0 spiro atoms. The van der Waals surface area contributed by atoms with Crippen molar-refractivity contribution in [3.63, 3.8) is 0 Å². The molecule has 0 saturated heterocycles. The normalized spacial score (nSPS) is 10.6. The Labute approximate surface area is 126 Å². The zero-order valence-corrected chi connectivity index (χ0v) is 12.1. The van der Waals surface area contributed by atoms with Crippen molar-refractivity contribution in [2.24, 2.45) is 0 Å². The third-order valence-corrected chi connectivity index (χ3v) is 3.45. The molecular weight excluding hydrogens is 284 g/mol. The highest BCUT2D eigenvalue weighted by Gasteiger charge is 2.22. The minimum Gasteiger partial charge on any atom is -0.493 e. The van der Waals surface area contributed by atoms with Crippen LogP contribution in [0.5, 0.6) is 17.4 Å². The van der Waals surface area contributed by atoms with E-state index in [0.717, 1.165) is 0 Å². The number of carbonyl (C=O) groups is 1. The van der Waals surface area contributed by atoms with Gasteiger partial charge in [0.25, 0.3) is 5.95 Å². The third kappa shape index (κ3) is 2.16. The van der Waals surface area contributed by atoms with E-state index in [1.165, 1.54) is 14.2 Å².